The number of aryl methyl sites for hydroxylation is 3. The summed E-state index contributed by atoms with van der Waals surface area (Å²) < 4.78 is 0. The van der Waals surface area contributed by atoms with Crippen molar-refractivity contribution in [1.82, 2.24) is 61.8 Å². The van der Waals surface area contributed by atoms with Gasteiger partial charge in [-0.2, -0.15) is 51.1 Å². The number of carboxylic acids is 6. The average molecular weight is 1330 g/mol. The number of nitrogens with one attached hydrogen (secondary N) is 9. The minimum Gasteiger partial charge on any atom is -0.550 e. The predicted octanol–water partition coefficient (Wildman–Crippen LogP) is -8.72. The van der Waals surface area contributed by atoms with Crippen LogP contribution in [0.3, 0.4) is 0 Å². The Kier molecular flexibility index (Phi) is 49.9. The number of carbonyl (C=O) groups is 6. The van der Waals surface area contributed by atoms with Crippen LogP contribution in [0.5, 0.6) is 0 Å². The fourth-order valence-electron chi connectivity index (χ4n) is 4.84. The van der Waals surface area contributed by atoms with Crippen LogP contribution in [0.1, 0.15) is 59.8 Å². The van der Waals surface area contributed by atoms with Crippen LogP contribution in [0.4, 0.5) is 0 Å². The monoisotopic (exact) mass is 1330 g/mol. The minimum atomic E-state index is -2.97. The molecule has 0 atom stereocenters. The second-order valence-corrected chi connectivity index (χ2v) is 17.9. The van der Waals surface area contributed by atoms with Crippen molar-refractivity contribution in [3.8, 4) is 18.6 Å². The largest absolute Gasteiger partial charge is 2.00 e. The number of nitriles is 3. The Bertz CT molecular complexity index is 2260. The number of hydrogen-bond acceptors (Lipinski definition) is 26. The van der Waals surface area contributed by atoms with Gasteiger partial charge in [-0.3, -0.25) is 30.9 Å². The number of hydrogen-bond donors (Lipinski definition) is 11. The number of imidazole rings is 3. The first kappa shape index (κ1) is 82.4. The van der Waals surface area contributed by atoms with Gasteiger partial charge in [0, 0.05) is 122 Å². The van der Waals surface area contributed by atoms with Crippen LogP contribution < -0.4 is 62.5 Å². The molecule has 0 unspecified atom stereocenters. The van der Waals surface area contributed by atoms with Crippen LogP contribution in [-0.2, 0) is 104 Å². The van der Waals surface area contributed by atoms with Crippen LogP contribution in [0, 0.1) is 55.1 Å². The van der Waals surface area contributed by atoms with Gasteiger partial charge in [0.05, 0.1) is 67.6 Å². The topological polar surface area (TPSA) is 548 Å². The molecule has 424 valence electrons. The van der Waals surface area contributed by atoms with Gasteiger partial charge in [0.1, 0.15) is 11.2 Å². The van der Waals surface area contributed by atoms with Gasteiger partial charge in [-0.25, -0.2) is 15.0 Å². The Morgan fingerprint density at radius 3 is 0.887 bits per heavy atom. The molecule has 3 aromatic rings. The number of guanidine groups is 3. The Morgan fingerprint density at radius 1 is 0.512 bits per heavy atom. The van der Waals surface area contributed by atoms with Gasteiger partial charge < -0.3 is 101 Å². The standard InChI is InChI=1S/3C10H16N6S.2C6H8O7.3Zn/c3*1-8-9(16-7-15-8)5-17-4-3-13-10(12-2)14-6-11;2*7-3(8)1-6(13,5(11)12)2-4(9)10;;;/h3*7H,3-5H2,1-2H3,(H,15,16)(H2,12,13,14);2*13H,1-2H2,(H,7,8)(H,9,10)(H,11,12);;;/q;;;;;3*+2/p-6. The van der Waals surface area contributed by atoms with Gasteiger partial charge in [-0.05, 0) is 20.8 Å². The van der Waals surface area contributed by atoms with E-state index in [1.165, 1.54) is 0 Å². The number of aliphatic imine (C=N–C) groups is 3. The number of H-pyrrole nitrogens is 3. The van der Waals surface area contributed by atoms with Gasteiger partial charge in [-0.15, -0.1) is 0 Å². The molecule has 3 rings (SSSR count). The summed E-state index contributed by atoms with van der Waals surface area (Å²) in [6.45, 7) is 8.03. The molecule has 3 aromatic heterocycles. The van der Waals surface area contributed by atoms with Crippen molar-refractivity contribution in [3.63, 3.8) is 0 Å². The summed E-state index contributed by atoms with van der Waals surface area (Å²) in [6, 6.07) is 0. The number of carboxylic acid groups (broad SMARTS) is 6. The second-order valence-electron chi connectivity index (χ2n) is 14.6. The molecule has 32 nitrogen and oxygen atoms in total. The Morgan fingerprint density at radius 2 is 0.738 bits per heavy atom. The zero-order chi connectivity index (χ0) is 58.8. The maximum Gasteiger partial charge on any atom is 2.00 e. The first-order valence-electron chi connectivity index (χ1n) is 21.9. The molecule has 0 aliphatic carbocycles. The molecule has 0 spiro atoms. The maximum atomic E-state index is 10.1. The number of rotatable bonds is 25. The van der Waals surface area contributed by atoms with Crippen LogP contribution >= 0.6 is 35.3 Å². The number of aliphatic hydroxyl groups is 2. The first-order chi connectivity index (χ1) is 36.4. The molecule has 0 radical (unpaired) electrons. The van der Waals surface area contributed by atoms with E-state index in [-0.39, 0.29) is 58.4 Å². The zero-order valence-electron chi connectivity index (χ0n) is 44.6. The maximum absolute atomic E-state index is 10.1. The number of thioether (sulfide) groups is 3. The van der Waals surface area contributed by atoms with Crippen molar-refractivity contribution < 1.29 is 128 Å². The second kappa shape index (κ2) is 48.5. The molecular weight excluding hydrogens is 1270 g/mol. The van der Waals surface area contributed by atoms with Crippen molar-refractivity contribution in [1.29, 1.82) is 15.8 Å². The van der Waals surface area contributed by atoms with E-state index < -0.39 is 72.7 Å². The summed E-state index contributed by atoms with van der Waals surface area (Å²) in [5.41, 5.74) is 0.651. The third-order valence-corrected chi connectivity index (χ3v) is 11.6. The molecule has 0 aliphatic heterocycles. The van der Waals surface area contributed by atoms with Gasteiger partial charge in [0.15, 0.2) is 18.6 Å². The molecule has 11 N–H and O–H groups in total. The fourth-order valence-corrected chi connectivity index (χ4v) is 7.39. The summed E-state index contributed by atoms with van der Waals surface area (Å²) in [7, 11) is 5.18. The predicted molar refractivity (Wildman–Crippen MR) is 267 cm³/mol. The summed E-state index contributed by atoms with van der Waals surface area (Å²) in [6.07, 6.45) is 5.17. The zero-order valence-corrected chi connectivity index (χ0v) is 55.9. The normalized spacial score (nSPS) is 10.5. The Hall–Kier alpha value is -6.43. The molecule has 0 aromatic carbocycles. The number of carbonyl (C=O) groups excluding carboxylic acids is 6. The molecule has 3 heterocycles. The summed E-state index contributed by atoms with van der Waals surface area (Å²) >= 11 is 5.30. The van der Waals surface area contributed by atoms with E-state index in [1.54, 1.807) is 75.4 Å². The average Bonchev–Trinajstić information content (AvgIpc) is 4.09. The number of aromatic amines is 3. The van der Waals surface area contributed by atoms with Crippen LogP contribution in [0.25, 0.3) is 0 Å². The van der Waals surface area contributed by atoms with Crippen molar-refractivity contribution >= 4 is 89.0 Å². The smallest absolute Gasteiger partial charge is 0.550 e. The molecule has 0 amide bonds. The van der Waals surface area contributed by atoms with Gasteiger partial charge in [0.2, 0.25) is 17.9 Å². The quantitative estimate of drug-likeness (QED) is 0.00937. The first-order valence-corrected chi connectivity index (χ1v) is 25.3. The number of aromatic nitrogens is 6. The van der Waals surface area contributed by atoms with Crippen molar-refractivity contribution in [2.75, 3.05) is 58.0 Å². The Labute approximate surface area is 510 Å². The SMILES string of the molecule is CNC(=NCCSCc1nc[nH]c1C)NC#N.CNC(=NCCSCc1nc[nH]c1C)NC#N.CNC(=NCCSCc1nc[nH]c1C)NC#N.O=C([O-])CC(O)(CC(=O)[O-])C(=O)[O-].O=C([O-])CC(O)(CC(=O)[O-])C(=O)[O-].[Zn+2].[Zn+2].[Zn+2]. The van der Waals surface area contributed by atoms with E-state index in [2.05, 4.69) is 76.8 Å². The molecule has 0 aliphatic rings. The van der Waals surface area contributed by atoms with E-state index >= 15 is 0 Å². The van der Waals surface area contributed by atoms with Crippen molar-refractivity contribution in [2.45, 2.75) is 74.9 Å². The van der Waals surface area contributed by atoms with Gasteiger partial charge >= 0.3 is 58.4 Å². The van der Waals surface area contributed by atoms with Gasteiger partial charge in [0.25, 0.3) is 0 Å². The minimum absolute atomic E-state index is 0. The molecule has 38 heteroatoms. The van der Waals surface area contributed by atoms with Crippen molar-refractivity contribution in [3.05, 3.63) is 53.1 Å². The van der Waals surface area contributed by atoms with Crippen LogP contribution in [0.2, 0.25) is 0 Å². The van der Waals surface area contributed by atoms with Crippen LogP contribution in [0.15, 0.2) is 34.0 Å². The van der Waals surface area contributed by atoms with E-state index in [1.807, 2.05) is 39.4 Å². The van der Waals surface area contributed by atoms with E-state index in [0.29, 0.717) is 37.5 Å². The van der Waals surface area contributed by atoms with Crippen molar-refractivity contribution in [2.24, 2.45) is 15.0 Å². The molecular formula is C42H58N18O14S3Zn3. The number of aliphatic carboxylic acids is 6. The van der Waals surface area contributed by atoms with Gasteiger partial charge in [-0.1, -0.05) is 0 Å². The summed E-state index contributed by atoms with van der Waals surface area (Å²) in [5.74, 6) is -5.14. The molecule has 0 saturated carbocycles. The van der Waals surface area contributed by atoms with E-state index in [4.69, 9.17) is 26.0 Å². The third-order valence-electron chi connectivity index (χ3n) is 8.78. The Balaban J connectivity index is -0.000000292. The summed E-state index contributed by atoms with van der Waals surface area (Å²) in [4.78, 5) is 94.4. The molecule has 80 heavy (non-hydrogen) atoms. The third kappa shape index (κ3) is 39.9. The summed E-state index contributed by atoms with van der Waals surface area (Å²) in [5, 5.41) is 119. The molecule has 0 fully saturated rings. The van der Waals surface area contributed by atoms with E-state index in [0.717, 1.165) is 68.7 Å². The molecule has 0 bridgehead atoms. The molecule has 0 saturated heterocycles. The van der Waals surface area contributed by atoms with Crippen LogP contribution in [-0.4, -0.2) is 163 Å². The fraction of sp³-hybridized carbons (Fsp3) is 0.500. The number of nitrogens with zero attached hydrogens (tertiary/aromatic N) is 9. The van der Waals surface area contributed by atoms with E-state index in [9.17, 15) is 59.4 Å².